The van der Waals surface area contributed by atoms with E-state index < -0.39 is 0 Å². The number of aromatic nitrogens is 6. The van der Waals surface area contributed by atoms with Crippen molar-refractivity contribution in [3.8, 4) is 5.82 Å². The minimum absolute atomic E-state index is 0.179. The third-order valence-electron chi connectivity index (χ3n) is 4.16. The van der Waals surface area contributed by atoms with Gasteiger partial charge >= 0.3 is 0 Å². The Balaban J connectivity index is 1.46. The predicted molar refractivity (Wildman–Crippen MR) is 95.8 cm³/mol. The van der Waals surface area contributed by atoms with Gasteiger partial charge < -0.3 is 5.32 Å². The van der Waals surface area contributed by atoms with Crippen LogP contribution in [-0.2, 0) is 13.6 Å². The SMILES string of the molecule is Cc1nn(C)c2ncc(C(=O)NCc3ccc(-n4ccnc4)nc3)cc12. The molecule has 0 saturated carbocycles. The first kappa shape index (κ1) is 15.9. The Hall–Kier alpha value is -3.55. The number of nitrogens with one attached hydrogen (secondary N) is 1. The average Bonchev–Trinajstić information content (AvgIpc) is 3.29. The van der Waals surface area contributed by atoms with E-state index in [1.165, 1.54) is 0 Å². The quantitative estimate of drug-likeness (QED) is 0.608. The number of hydrogen-bond acceptors (Lipinski definition) is 5. The van der Waals surface area contributed by atoms with Crippen molar-refractivity contribution in [3.63, 3.8) is 0 Å². The second kappa shape index (κ2) is 6.40. The Morgan fingerprint density at radius 1 is 1.23 bits per heavy atom. The lowest BCUT2D eigenvalue weighted by Gasteiger charge is -2.07. The summed E-state index contributed by atoms with van der Waals surface area (Å²) in [6, 6.07) is 5.63. The standard InChI is InChI=1S/C18H17N7O/c1-12-15-7-14(10-21-17(15)24(2)23-12)18(26)22-9-13-3-4-16(20-8-13)25-6-5-19-11-25/h3-8,10-11H,9H2,1-2H3,(H,22,26). The molecule has 0 aliphatic carbocycles. The molecular formula is C18H17N7O. The molecule has 0 atom stereocenters. The highest BCUT2D eigenvalue weighted by atomic mass is 16.1. The molecule has 0 radical (unpaired) electrons. The second-order valence-electron chi connectivity index (χ2n) is 5.98. The summed E-state index contributed by atoms with van der Waals surface area (Å²) in [6.07, 6.45) is 8.52. The monoisotopic (exact) mass is 347 g/mol. The molecule has 0 spiro atoms. The van der Waals surface area contributed by atoms with E-state index in [0.29, 0.717) is 12.1 Å². The van der Waals surface area contributed by atoms with Gasteiger partial charge in [0.1, 0.15) is 12.1 Å². The van der Waals surface area contributed by atoms with Crippen LogP contribution in [0.1, 0.15) is 21.6 Å². The Bertz CT molecular complexity index is 1070. The van der Waals surface area contributed by atoms with E-state index in [1.54, 1.807) is 29.6 Å². The smallest absolute Gasteiger partial charge is 0.253 e. The molecule has 1 N–H and O–H groups in total. The zero-order chi connectivity index (χ0) is 18.1. The van der Waals surface area contributed by atoms with E-state index in [1.807, 2.05) is 42.9 Å². The van der Waals surface area contributed by atoms with Gasteiger partial charge in [-0.2, -0.15) is 5.10 Å². The highest BCUT2D eigenvalue weighted by molar-refractivity contribution is 5.97. The molecule has 0 fully saturated rings. The summed E-state index contributed by atoms with van der Waals surface area (Å²) in [6.45, 7) is 2.29. The van der Waals surface area contributed by atoms with Gasteiger partial charge in [-0.3, -0.25) is 14.0 Å². The van der Waals surface area contributed by atoms with E-state index in [4.69, 9.17) is 0 Å². The van der Waals surface area contributed by atoms with Crippen molar-refractivity contribution in [2.24, 2.45) is 7.05 Å². The van der Waals surface area contributed by atoms with Crippen LogP contribution in [0.5, 0.6) is 0 Å². The number of carbonyl (C=O) groups is 1. The van der Waals surface area contributed by atoms with E-state index >= 15 is 0 Å². The normalized spacial score (nSPS) is 11.0. The lowest BCUT2D eigenvalue weighted by molar-refractivity contribution is 0.0950. The van der Waals surface area contributed by atoms with Gasteiger partial charge in [0, 0.05) is 43.8 Å². The van der Waals surface area contributed by atoms with Crippen molar-refractivity contribution < 1.29 is 4.79 Å². The molecule has 0 aromatic carbocycles. The number of imidazole rings is 1. The molecule has 0 bridgehead atoms. The Morgan fingerprint density at radius 2 is 2.12 bits per heavy atom. The molecule has 4 rings (SSSR count). The maximum Gasteiger partial charge on any atom is 0.253 e. The number of amides is 1. The second-order valence-corrected chi connectivity index (χ2v) is 5.98. The van der Waals surface area contributed by atoms with Crippen molar-refractivity contribution in [2.45, 2.75) is 13.5 Å². The van der Waals surface area contributed by atoms with Gasteiger partial charge in [-0.1, -0.05) is 6.07 Å². The Kier molecular flexibility index (Phi) is 3.92. The Labute approximate surface area is 149 Å². The first-order valence-corrected chi connectivity index (χ1v) is 8.12. The summed E-state index contributed by atoms with van der Waals surface area (Å²) >= 11 is 0. The molecule has 0 unspecified atom stereocenters. The molecule has 4 aromatic rings. The van der Waals surface area contributed by atoms with Crippen LogP contribution in [-0.4, -0.2) is 35.2 Å². The maximum atomic E-state index is 12.4. The fourth-order valence-electron chi connectivity index (χ4n) is 2.79. The Morgan fingerprint density at radius 3 is 2.85 bits per heavy atom. The fraction of sp³-hybridized carbons (Fsp3) is 0.167. The highest BCUT2D eigenvalue weighted by Gasteiger charge is 2.11. The van der Waals surface area contributed by atoms with Gasteiger partial charge in [-0.15, -0.1) is 0 Å². The van der Waals surface area contributed by atoms with Gasteiger partial charge in [0.25, 0.3) is 5.91 Å². The summed E-state index contributed by atoms with van der Waals surface area (Å²) < 4.78 is 3.53. The molecular weight excluding hydrogens is 330 g/mol. The van der Waals surface area contributed by atoms with Gasteiger partial charge in [-0.25, -0.2) is 15.0 Å². The van der Waals surface area contributed by atoms with Crippen molar-refractivity contribution >= 4 is 16.9 Å². The summed E-state index contributed by atoms with van der Waals surface area (Å²) in [5.41, 5.74) is 3.03. The number of aryl methyl sites for hydroxylation is 2. The summed E-state index contributed by atoms with van der Waals surface area (Å²) in [4.78, 5) is 25.1. The number of rotatable bonds is 4. The van der Waals surface area contributed by atoms with Crippen LogP contribution in [0.2, 0.25) is 0 Å². The van der Waals surface area contributed by atoms with Crippen LogP contribution in [0.25, 0.3) is 16.9 Å². The molecule has 1 amide bonds. The van der Waals surface area contributed by atoms with Crippen molar-refractivity contribution in [1.82, 2.24) is 34.6 Å². The molecule has 4 aromatic heterocycles. The zero-order valence-electron chi connectivity index (χ0n) is 14.4. The lowest BCUT2D eigenvalue weighted by atomic mass is 10.2. The molecule has 0 aliphatic rings. The number of fused-ring (bicyclic) bond motifs is 1. The number of pyridine rings is 2. The number of carbonyl (C=O) groups excluding carboxylic acids is 1. The first-order chi connectivity index (χ1) is 12.6. The van der Waals surface area contributed by atoms with Crippen molar-refractivity contribution in [2.75, 3.05) is 0 Å². The van der Waals surface area contributed by atoms with Crippen molar-refractivity contribution in [1.29, 1.82) is 0 Å². The molecule has 0 aliphatic heterocycles. The van der Waals surface area contributed by atoms with Crippen LogP contribution < -0.4 is 5.32 Å². The first-order valence-electron chi connectivity index (χ1n) is 8.12. The zero-order valence-corrected chi connectivity index (χ0v) is 14.4. The summed E-state index contributed by atoms with van der Waals surface area (Å²) in [5, 5.41) is 8.10. The molecule has 0 saturated heterocycles. The lowest BCUT2D eigenvalue weighted by Crippen LogP contribution is -2.23. The summed E-state index contributed by atoms with van der Waals surface area (Å²) in [7, 11) is 1.84. The molecule has 4 heterocycles. The van der Waals surface area contributed by atoms with Crippen LogP contribution in [0.3, 0.4) is 0 Å². The predicted octanol–water partition coefficient (Wildman–Crippen LogP) is 1.79. The van der Waals surface area contributed by atoms with Gasteiger partial charge in [0.05, 0.1) is 11.3 Å². The third-order valence-corrected chi connectivity index (χ3v) is 4.16. The van der Waals surface area contributed by atoms with E-state index in [-0.39, 0.29) is 5.91 Å². The third kappa shape index (κ3) is 2.92. The minimum atomic E-state index is -0.179. The van der Waals surface area contributed by atoms with E-state index in [9.17, 15) is 4.79 Å². The summed E-state index contributed by atoms with van der Waals surface area (Å²) in [5.74, 6) is 0.598. The van der Waals surface area contributed by atoms with Gasteiger partial charge in [0.15, 0.2) is 5.65 Å². The molecule has 26 heavy (non-hydrogen) atoms. The van der Waals surface area contributed by atoms with Crippen LogP contribution in [0, 0.1) is 6.92 Å². The maximum absolute atomic E-state index is 12.4. The van der Waals surface area contributed by atoms with E-state index in [2.05, 4.69) is 25.4 Å². The minimum Gasteiger partial charge on any atom is -0.348 e. The average molecular weight is 347 g/mol. The van der Waals surface area contributed by atoms with Gasteiger partial charge in [-0.05, 0) is 24.6 Å². The topological polar surface area (TPSA) is 90.5 Å². The molecule has 8 heteroatoms. The fourth-order valence-corrected chi connectivity index (χ4v) is 2.79. The van der Waals surface area contributed by atoms with Crippen LogP contribution in [0.4, 0.5) is 0 Å². The van der Waals surface area contributed by atoms with Crippen LogP contribution in [0.15, 0.2) is 49.3 Å². The van der Waals surface area contributed by atoms with Crippen LogP contribution >= 0.6 is 0 Å². The van der Waals surface area contributed by atoms with Gasteiger partial charge in [0.2, 0.25) is 0 Å². The molecule has 8 nitrogen and oxygen atoms in total. The largest absolute Gasteiger partial charge is 0.348 e. The van der Waals surface area contributed by atoms with E-state index in [0.717, 1.165) is 28.1 Å². The number of nitrogens with zero attached hydrogens (tertiary/aromatic N) is 6. The highest BCUT2D eigenvalue weighted by Crippen LogP contribution is 2.16. The number of hydrogen-bond donors (Lipinski definition) is 1. The van der Waals surface area contributed by atoms with Crippen molar-refractivity contribution in [3.05, 3.63) is 66.1 Å². The molecule has 130 valence electrons.